The van der Waals surface area contributed by atoms with E-state index in [9.17, 15) is 4.39 Å². The van der Waals surface area contributed by atoms with Crippen LogP contribution in [-0.2, 0) is 6.42 Å². The van der Waals surface area contributed by atoms with Crippen molar-refractivity contribution in [1.29, 1.82) is 0 Å². The summed E-state index contributed by atoms with van der Waals surface area (Å²) in [6.45, 7) is 2.15. The van der Waals surface area contributed by atoms with Crippen LogP contribution in [0.1, 0.15) is 43.9 Å². The second kappa shape index (κ2) is 4.60. The molecule has 1 aromatic heterocycles. The first-order chi connectivity index (χ1) is 8.79. The minimum absolute atomic E-state index is 0.151. The molecular formula is C16H18FN. The average molecular weight is 243 g/mol. The molecule has 0 saturated carbocycles. The molecular weight excluding hydrogens is 225 g/mol. The maximum Gasteiger partial charge on any atom is 0.123 e. The van der Waals surface area contributed by atoms with Crippen LogP contribution in [0.4, 0.5) is 4.39 Å². The van der Waals surface area contributed by atoms with Crippen molar-refractivity contribution >= 4 is 16.5 Å². The van der Waals surface area contributed by atoms with Crippen molar-refractivity contribution in [2.45, 2.75) is 39.0 Å². The standard InChI is InChI=1S/C16H18FN/c1-2-14-16(11-6-4-3-5-7-11)13-10-12(17)8-9-15(13)18-14/h6,8-10,18H,2-5,7H2,1H3. The van der Waals surface area contributed by atoms with Crippen molar-refractivity contribution in [3.63, 3.8) is 0 Å². The van der Waals surface area contributed by atoms with Crippen molar-refractivity contribution in [3.8, 4) is 0 Å². The molecule has 0 unspecified atom stereocenters. The lowest BCUT2D eigenvalue weighted by molar-refractivity contribution is 0.629. The highest BCUT2D eigenvalue weighted by atomic mass is 19.1. The molecule has 1 aliphatic rings. The molecule has 1 aromatic carbocycles. The molecule has 1 aliphatic carbocycles. The van der Waals surface area contributed by atoms with Crippen LogP contribution >= 0.6 is 0 Å². The number of halogens is 1. The lowest BCUT2D eigenvalue weighted by atomic mass is 9.91. The Kier molecular flexibility index (Phi) is 2.94. The van der Waals surface area contributed by atoms with E-state index in [0.717, 1.165) is 30.2 Å². The molecule has 1 heterocycles. The molecule has 0 fully saturated rings. The van der Waals surface area contributed by atoms with Crippen LogP contribution in [0.25, 0.3) is 16.5 Å². The number of benzene rings is 1. The van der Waals surface area contributed by atoms with E-state index in [-0.39, 0.29) is 5.82 Å². The summed E-state index contributed by atoms with van der Waals surface area (Å²) in [7, 11) is 0. The first-order valence-corrected chi connectivity index (χ1v) is 6.79. The number of rotatable bonds is 2. The number of aryl methyl sites for hydroxylation is 1. The van der Waals surface area contributed by atoms with Gasteiger partial charge in [0, 0.05) is 22.2 Å². The normalized spacial score (nSPS) is 16.0. The molecule has 18 heavy (non-hydrogen) atoms. The minimum Gasteiger partial charge on any atom is -0.358 e. The van der Waals surface area contributed by atoms with Crippen molar-refractivity contribution in [2.24, 2.45) is 0 Å². The van der Waals surface area contributed by atoms with Gasteiger partial charge in [-0.15, -0.1) is 0 Å². The van der Waals surface area contributed by atoms with Crippen LogP contribution in [0, 0.1) is 5.82 Å². The van der Waals surface area contributed by atoms with Gasteiger partial charge in [0.25, 0.3) is 0 Å². The Hall–Kier alpha value is -1.57. The molecule has 1 N–H and O–H groups in total. The Balaban J connectivity index is 2.24. The van der Waals surface area contributed by atoms with E-state index < -0.39 is 0 Å². The largest absolute Gasteiger partial charge is 0.358 e. The first-order valence-electron chi connectivity index (χ1n) is 6.79. The topological polar surface area (TPSA) is 15.8 Å². The van der Waals surface area contributed by atoms with Gasteiger partial charge in [-0.2, -0.15) is 0 Å². The van der Waals surface area contributed by atoms with Gasteiger partial charge in [0.05, 0.1) is 0 Å². The van der Waals surface area contributed by atoms with E-state index in [1.807, 2.05) is 6.07 Å². The fourth-order valence-corrected chi connectivity index (χ4v) is 2.92. The fourth-order valence-electron chi connectivity index (χ4n) is 2.92. The van der Waals surface area contributed by atoms with E-state index in [0.29, 0.717) is 0 Å². The predicted molar refractivity (Wildman–Crippen MR) is 74.1 cm³/mol. The predicted octanol–water partition coefficient (Wildman–Crippen LogP) is 4.83. The Morgan fingerprint density at radius 1 is 1.28 bits per heavy atom. The average Bonchev–Trinajstić information content (AvgIpc) is 2.77. The zero-order valence-corrected chi connectivity index (χ0v) is 10.7. The number of H-pyrrole nitrogens is 1. The van der Waals surface area contributed by atoms with Crippen molar-refractivity contribution < 1.29 is 4.39 Å². The van der Waals surface area contributed by atoms with Gasteiger partial charge in [0.1, 0.15) is 5.82 Å². The highest BCUT2D eigenvalue weighted by molar-refractivity contribution is 5.94. The molecule has 0 amide bonds. The lowest BCUT2D eigenvalue weighted by Crippen LogP contribution is -1.94. The van der Waals surface area contributed by atoms with Gasteiger partial charge in [-0.1, -0.05) is 13.0 Å². The number of aromatic amines is 1. The Morgan fingerprint density at radius 3 is 2.89 bits per heavy atom. The zero-order valence-electron chi connectivity index (χ0n) is 10.7. The summed E-state index contributed by atoms with van der Waals surface area (Å²) in [6.07, 6.45) is 8.09. The second-order valence-electron chi connectivity index (χ2n) is 5.00. The summed E-state index contributed by atoms with van der Waals surface area (Å²) < 4.78 is 13.5. The fraction of sp³-hybridized carbons (Fsp3) is 0.375. The highest BCUT2D eigenvalue weighted by Crippen LogP contribution is 2.35. The smallest absolute Gasteiger partial charge is 0.123 e. The molecule has 94 valence electrons. The minimum atomic E-state index is -0.151. The SMILES string of the molecule is CCc1[nH]c2ccc(F)cc2c1C1=CCCCC1. The molecule has 3 rings (SSSR count). The maximum absolute atomic E-state index is 13.5. The summed E-state index contributed by atoms with van der Waals surface area (Å²) in [6, 6.07) is 5.03. The molecule has 2 heteroatoms. The number of allylic oxidation sites excluding steroid dienone is 2. The summed E-state index contributed by atoms with van der Waals surface area (Å²) in [5.41, 5.74) is 4.94. The zero-order chi connectivity index (χ0) is 12.5. The molecule has 2 aromatic rings. The van der Waals surface area contributed by atoms with Crippen LogP contribution in [0.15, 0.2) is 24.3 Å². The second-order valence-corrected chi connectivity index (χ2v) is 5.00. The monoisotopic (exact) mass is 243 g/mol. The van der Waals surface area contributed by atoms with E-state index >= 15 is 0 Å². The summed E-state index contributed by atoms with van der Waals surface area (Å²) in [5, 5.41) is 1.04. The number of nitrogens with one attached hydrogen (secondary N) is 1. The van der Waals surface area contributed by atoms with Crippen LogP contribution in [0.3, 0.4) is 0 Å². The van der Waals surface area contributed by atoms with E-state index in [1.165, 1.54) is 35.7 Å². The Morgan fingerprint density at radius 2 is 2.17 bits per heavy atom. The Labute approximate surface area is 107 Å². The number of hydrogen-bond donors (Lipinski definition) is 1. The van der Waals surface area contributed by atoms with Gasteiger partial charge in [0.2, 0.25) is 0 Å². The van der Waals surface area contributed by atoms with Gasteiger partial charge in [-0.25, -0.2) is 4.39 Å². The van der Waals surface area contributed by atoms with Crippen LogP contribution < -0.4 is 0 Å². The number of hydrogen-bond acceptors (Lipinski definition) is 0. The third kappa shape index (κ3) is 1.86. The molecule has 0 aliphatic heterocycles. The molecule has 0 bridgehead atoms. The van der Waals surface area contributed by atoms with E-state index in [2.05, 4.69) is 18.0 Å². The first kappa shape index (κ1) is 11.5. The van der Waals surface area contributed by atoms with Gasteiger partial charge in [-0.3, -0.25) is 0 Å². The van der Waals surface area contributed by atoms with Crippen molar-refractivity contribution in [2.75, 3.05) is 0 Å². The van der Waals surface area contributed by atoms with Crippen LogP contribution in [-0.4, -0.2) is 4.98 Å². The van der Waals surface area contributed by atoms with Gasteiger partial charge >= 0.3 is 0 Å². The molecule has 0 radical (unpaired) electrons. The molecule has 1 nitrogen and oxygen atoms in total. The van der Waals surface area contributed by atoms with E-state index in [1.54, 1.807) is 6.07 Å². The molecule has 0 saturated heterocycles. The maximum atomic E-state index is 13.5. The van der Waals surface area contributed by atoms with Crippen molar-refractivity contribution in [1.82, 2.24) is 4.98 Å². The lowest BCUT2D eigenvalue weighted by Gasteiger charge is -2.13. The number of fused-ring (bicyclic) bond motifs is 1. The van der Waals surface area contributed by atoms with Crippen molar-refractivity contribution in [3.05, 3.63) is 41.3 Å². The summed E-state index contributed by atoms with van der Waals surface area (Å²) in [4.78, 5) is 3.43. The highest BCUT2D eigenvalue weighted by Gasteiger charge is 2.16. The Bertz CT molecular complexity index is 607. The van der Waals surface area contributed by atoms with Crippen LogP contribution in [0.5, 0.6) is 0 Å². The van der Waals surface area contributed by atoms with Gasteiger partial charge < -0.3 is 4.98 Å². The summed E-state index contributed by atoms with van der Waals surface area (Å²) >= 11 is 0. The number of aromatic nitrogens is 1. The quantitative estimate of drug-likeness (QED) is 0.777. The van der Waals surface area contributed by atoms with Gasteiger partial charge in [0.15, 0.2) is 0 Å². The van der Waals surface area contributed by atoms with E-state index in [4.69, 9.17) is 0 Å². The third-order valence-electron chi connectivity index (χ3n) is 3.80. The van der Waals surface area contributed by atoms with Crippen LogP contribution in [0.2, 0.25) is 0 Å². The third-order valence-corrected chi connectivity index (χ3v) is 3.80. The summed E-state index contributed by atoms with van der Waals surface area (Å²) in [5.74, 6) is -0.151. The molecule has 0 spiro atoms. The van der Waals surface area contributed by atoms with Gasteiger partial charge in [-0.05, 0) is 55.9 Å². The molecule has 0 atom stereocenters.